The number of nitrogens with zero attached hydrogens (tertiary/aromatic N) is 3. The molecule has 1 amide bonds. The molecule has 5 nitrogen and oxygen atoms in total. The van der Waals surface area contributed by atoms with Crippen LogP contribution in [0.2, 0.25) is 0 Å². The Morgan fingerprint density at radius 1 is 1.14 bits per heavy atom. The molecule has 28 heavy (non-hydrogen) atoms. The van der Waals surface area contributed by atoms with E-state index in [0.29, 0.717) is 17.2 Å². The summed E-state index contributed by atoms with van der Waals surface area (Å²) in [4.78, 5) is 23.6. The molecule has 1 fully saturated rings. The van der Waals surface area contributed by atoms with Gasteiger partial charge in [0, 0.05) is 36.8 Å². The number of amides is 1. The van der Waals surface area contributed by atoms with Crippen molar-refractivity contribution in [2.24, 2.45) is 0 Å². The summed E-state index contributed by atoms with van der Waals surface area (Å²) in [5.41, 5.74) is 2.18. The fourth-order valence-electron chi connectivity index (χ4n) is 3.24. The number of piperidine rings is 1. The van der Waals surface area contributed by atoms with Gasteiger partial charge in [-0.1, -0.05) is 0 Å². The molecule has 3 aromatic rings. The Bertz CT molecular complexity index is 951. The molecule has 1 aliphatic rings. The summed E-state index contributed by atoms with van der Waals surface area (Å²) >= 11 is 1.37. The van der Waals surface area contributed by atoms with Crippen LogP contribution >= 0.6 is 11.3 Å². The zero-order valence-electron chi connectivity index (χ0n) is 15.4. The van der Waals surface area contributed by atoms with Crippen molar-refractivity contribution < 1.29 is 9.18 Å². The van der Waals surface area contributed by atoms with Crippen LogP contribution in [0.25, 0.3) is 10.6 Å². The van der Waals surface area contributed by atoms with Gasteiger partial charge in [-0.3, -0.25) is 4.79 Å². The first-order valence-corrected chi connectivity index (χ1v) is 10.3. The van der Waals surface area contributed by atoms with Gasteiger partial charge in [0.1, 0.15) is 22.3 Å². The van der Waals surface area contributed by atoms with Crippen molar-refractivity contribution >= 4 is 23.1 Å². The lowest BCUT2D eigenvalue weighted by Gasteiger charge is -2.27. The Balaban J connectivity index is 1.39. The van der Waals surface area contributed by atoms with E-state index in [9.17, 15) is 9.18 Å². The number of nitrogens with one attached hydrogen (secondary N) is 1. The van der Waals surface area contributed by atoms with E-state index in [1.54, 1.807) is 23.7 Å². The van der Waals surface area contributed by atoms with Crippen LogP contribution in [-0.4, -0.2) is 29.0 Å². The highest BCUT2D eigenvalue weighted by atomic mass is 32.1. The van der Waals surface area contributed by atoms with Crippen LogP contribution in [-0.2, 0) is 6.54 Å². The molecule has 144 valence electrons. The Labute approximate surface area is 167 Å². The molecule has 3 heterocycles. The third-order valence-corrected chi connectivity index (χ3v) is 5.66. The van der Waals surface area contributed by atoms with Gasteiger partial charge in [-0.15, -0.1) is 11.3 Å². The Hall–Kier alpha value is -2.80. The number of anilines is 1. The van der Waals surface area contributed by atoms with Crippen molar-refractivity contribution in [2.75, 3.05) is 18.0 Å². The summed E-state index contributed by atoms with van der Waals surface area (Å²) < 4.78 is 13.1. The zero-order chi connectivity index (χ0) is 19.3. The first-order chi connectivity index (χ1) is 13.7. The molecule has 7 heteroatoms. The lowest BCUT2D eigenvalue weighted by molar-refractivity contribution is 0.0946. The first-order valence-electron chi connectivity index (χ1n) is 9.38. The van der Waals surface area contributed by atoms with E-state index in [2.05, 4.69) is 20.2 Å². The van der Waals surface area contributed by atoms with Crippen LogP contribution in [0, 0.1) is 5.82 Å². The molecule has 0 spiro atoms. The predicted molar refractivity (Wildman–Crippen MR) is 109 cm³/mol. The molecule has 1 aliphatic heterocycles. The molecular weight excluding hydrogens is 375 g/mol. The normalized spacial score (nSPS) is 14.1. The lowest BCUT2D eigenvalue weighted by Crippen LogP contribution is -2.30. The monoisotopic (exact) mass is 396 g/mol. The highest BCUT2D eigenvalue weighted by Crippen LogP contribution is 2.24. The molecule has 0 atom stereocenters. The third kappa shape index (κ3) is 4.36. The second-order valence-corrected chi connectivity index (χ2v) is 7.66. The quantitative estimate of drug-likeness (QED) is 0.700. The summed E-state index contributed by atoms with van der Waals surface area (Å²) in [6.45, 7) is 2.49. The van der Waals surface area contributed by atoms with E-state index in [1.165, 1.54) is 42.7 Å². The van der Waals surface area contributed by atoms with Gasteiger partial charge in [-0.25, -0.2) is 14.4 Å². The van der Waals surface area contributed by atoms with Crippen molar-refractivity contribution in [3.05, 3.63) is 65.0 Å². The number of halogens is 1. The van der Waals surface area contributed by atoms with E-state index >= 15 is 0 Å². The number of rotatable bonds is 5. The summed E-state index contributed by atoms with van der Waals surface area (Å²) in [7, 11) is 0. The molecule has 1 aromatic carbocycles. The summed E-state index contributed by atoms with van der Waals surface area (Å²) in [5, 5.41) is 5.34. The average Bonchev–Trinajstić information content (AvgIpc) is 3.24. The predicted octanol–water partition coefficient (Wildman–Crippen LogP) is 4.26. The fourth-order valence-corrected chi connectivity index (χ4v) is 4.05. The van der Waals surface area contributed by atoms with Gasteiger partial charge in [0.25, 0.3) is 5.91 Å². The molecule has 0 aliphatic carbocycles. The second-order valence-electron chi connectivity index (χ2n) is 6.80. The largest absolute Gasteiger partial charge is 0.357 e. The van der Waals surface area contributed by atoms with Gasteiger partial charge in [-0.2, -0.15) is 0 Å². The number of carbonyl (C=O) groups excluding carboxylic acids is 1. The van der Waals surface area contributed by atoms with Crippen molar-refractivity contribution in [3.8, 4) is 10.6 Å². The van der Waals surface area contributed by atoms with Crippen molar-refractivity contribution in [1.82, 2.24) is 15.3 Å². The molecule has 1 saturated heterocycles. The van der Waals surface area contributed by atoms with Crippen LogP contribution in [0.3, 0.4) is 0 Å². The molecule has 0 bridgehead atoms. The van der Waals surface area contributed by atoms with Gasteiger partial charge in [0.05, 0.1) is 0 Å². The number of pyridine rings is 1. The molecular formula is C21H21FN4OS. The SMILES string of the molecule is O=C(NCc1ccnc(N2CCCCC2)c1)c1csc(-c2ccc(F)cc2)n1. The summed E-state index contributed by atoms with van der Waals surface area (Å²) in [6.07, 6.45) is 5.46. The minimum absolute atomic E-state index is 0.221. The van der Waals surface area contributed by atoms with Gasteiger partial charge in [-0.05, 0) is 61.2 Å². The summed E-state index contributed by atoms with van der Waals surface area (Å²) in [5.74, 6) is 0.458. The topological polar surface area (TPSA) is 58.1 Å². The Kier molecular flexibility index (Phi) is 5.62. The highest BCUT2D eigenvalue weighted by Gasteiger charge is 2.14. The Morgan fingerprint density at radius 2 is 1.93 bits per heavy atom. The van der Waals surface area contributed by atoms with E-state index < -0.39 is 0 Å². The number of aromatic nitrogens is 2. The van der Waals surface area contributed by atoms with Gasteiger partial charge < -0.3 is 10.2 Å². The molecule has 0 radical (unpaired) electrons. The van der Waals surface area contributed by atoms with E-state index in [1.807, 2.05) is 12.1 Å². The molecule has 0 saturated carbocycles. The maximum atomic E-state index is 13.1. The van der Waals surface area contributed by atoms with Crippen LogP contribution in [0.5, 0.6) is 0 Å². The number of benzene rings is 1. The maximum Gasteiger partial charge on any atom is 0.271 e. The lowest BCUT2D eigenvalue weighted by atomic mass is 10.1. The highest BCUT2D eigenvalue weighted by molar-refractivity contribution is 7.13. The smallest absolute Gasteiger partial charge is 0.271 e. The van der Waals surface area contributed by atoms with Crippen LogP contribution in [0.1, 0.15) is 35.3 Å². The minimum Gasteiger partial charge on any atom is -0.357 e. The van der Waals surface area contributed by atoms with Crippen LogP contribution in [0.15, 0.2) is 48.0 Å². The van der Waals surface area contributed by atoms with Crippen molar-refractivity contribution in [2.45, 2.75) is 25.8 Å². The van der Waals surface area contributed by atoms with Crippen molar-refractivity contribution in [1.29, 1.82) is 0 Å². The Morgan fingerprint density at radius 3 is 2.71 bits per heavy atom. The summed E-state index contributed by atoms with van der Waals surface area (Å²) in [6, 6.07) is 10.1. The zero-order valence-corrected chi connectivity index (χ0v) is 16.2. The van der Waals surface area contributed by atoms with Crippen molar-refractivity contribution in [3.63, 3.8) is 0 Å². The second kappa shape index (κ2) is 8.48. The number of hydrogen-bond acceptors (Lipinski definition) is 5. The third-order valence-electron chi connectivity index (χ3n) is 4.77. The molecule has 2 aromatic heterocycles. The van der Waals surface area contributed by atoms with Crippen LogP contribution in [0.4, 0.5) is 10.2 Å². The number of thiazole rings is 1. The molecule has 4 rings (SSSR count). The van der Waals surface area contributed by atoms with Gasteiger partial charge in [0.2, 0.25) is 0 Å². The fraction of sp³-hybridized carbons (Fsp3) is 0.286. The molecule has 0 unspecified atom stereocenters. The number of hydrogen-bond donors (Lipinski definition) is 1. The average molecular weight is 396 g/mol. The van der Waals surface area contributed by atoms with E-state index in [-0.39, 0.29) is 11.7 Å². The molecule has 1 N–H and O–H groups in total. The van der Waals surface area contributed by atoms with Crippen LogP contribution < -0.4 is 10.2 Å². The van der Waals surface area contributed by atoms with Gasteiger partial charge in [0.15, 0.2) is 0 Å². The standard InChI is InChI=1S/C21H21FN4OS/c22-17-6-4-16(5-7-17)21-25-18(14-28-21)20(27)24-13-15-8-9-23-19(12-15)26-10-2-1-3-11-26/h4-9,12,14H,1-3,10-11,13H2,(H,24,27). The number of carbonyl (C=O) groups is 1. The van der Waals surface area contributed by atoms with Gasteiger partial charge >= 0.3 is 0 Å². The van der Waals surface area contributed by atoms with E-state index in [4.69, 9.17) is 0 Å². The first kappa shape index (κ1) is 18.6. The maximum absolute atomic E-state index is 13.1. The van der Waals surface area contributed by atoms with E-state index in [0.717, 1.165) is 30.0 Å². The minimum atomic E-state index is -0.292.